The molecule has 0 saturated carbocycles. The van der Waals surface area contributed by atoms with E-state index in [4.69, 9.17) is 5.84 Å². The Kier molecular flexibility index (Phi) is 2.99. The first-order valence-corrected chi connectivity index (χ1v) is 4.06. The molecule has 1 aromatic rings. The molecule has 0 unspecified atom stereocenters. The van der Waals surface area contributed by atoms with Gasteiger partial charge >= 0.3 is 0 Å². The summed E-state index contributed by atoms with van der Waals surface area (Å²) in [5, 5.41) is 3.15. The van der Waals surface area contributed by atoms with Crippen LogP contribution in [0, 0.1) is 0 Å². The standard InChI is InChI=1S/C8H7BrN2O/c9-7-3-1-6(2-4-7)8(12)5-11-10/h1-5H,10H2/b11-5+. The largest absolute Gasteiger partial charge is 0.323 e. The molecular formula is C8H7BrN2O. The van der Waals surface area contributed by atoms with Crippen molar-refractivity contribution >= 4 is 27.9 Å². The number of carbonyl (C=O) groups is 1. The highest BCUT2D eigenvalue weighted by Crippen LogP contribution is 2.10. The number of Topliss-reactive ketones (excluding diaryl/α,β-unsaturated/α-hetero) is 1. The Morgan fingerprint density at radius 1 is 1.42 bits per heavy atom. The maximum absolute atomic E-state index is 11.1. The molecule has 0 heterocycles. The van der Waals surface area contributed by atoms with Crippen LogP contribution in [0.3, 0.4) is 0 Å². The molecule has 0 aliphatic rings. The molecule has 0 aliphatic heterocycles. The molecule has 0 aromatic heterocycles. The maximum atomic E-state index is 11.1. The second kappa shape index (κ2) is 4.01. The van der Waals surface area contributed by atoms with Crippen molar-refractivity contribution in [1.29, 1.82) is 0 Å². The zero-order valence-electron chi connectivity index (χ0n) is 6.20. The van der Waals surface area contributed by atoms with Crippen LogP contribution in [-0.4, -0.2) is 12.0 Å². The van der Waals surface area contributed by atoms with Gasteiger partial charge in [-0.1, -0.05) is 15.9 Å². The highest BCUT2D eigenvalue weighted by atomic mass is 79.9. The number of carbonyl (C=O) groups excluding carboxylic acids is 1. The fourth-order valence-corrected chi connectivity index (χ4v) is 1.02. The number of nitrogens with zero attached hydrogens (tertiary/aromatic N) is 1. The van der Waals surface area contributed by atoms with E-state index in [2.05, 4.69) is 21.0 Å². The average Bonchev–Trinajstić information content (AvgIpc) is 2.06. The van der Waals surface area contributed by atoms with E-state index >= 15 is 0 Å². The van der Waals surface area contributed by atoms with Gasteiger partial charge in [-0.15, -0.1) is 0 Å². The van der Waals surface area contributed by atoms with Gasteiger partial charge in [0.05, 0.1) is 6.21 Å². The predicted octanol–water partition coefficient (Wildman–Crippen LogP) is 1.58. The van der Waals surface area contributed by atoms with Crippen LogP contribution < -0.4 is 5.84 Å². The first kappa shape index (κ1) is 8.93. The lowest BCUT2D eigenvalue weighted by Crippen LogP contribution is -2.01. The molecule has 4 heteroatoms. The van der Waals surface area contributed by atoms with Crippen LogP contribution in [0.5, 0.6) is 0 Å². The quantitative estimate of drug-likeness (QED) is 0.361. The summed E-state index contributed by atoms with van der Waals surface area (Å²) in [7, 11) is 0. The smallest absolute Gasteiger partial charge is 0.205 e. The maximum Gasteiger partial charge on any atom is 0.205 e. The molecule has 3 nitrogen and oxygen atoms in total. The van der Waals surface area contributed by atoms with Crippen LogP contribution >= 0.6 is 15.9 Å². The first-order chi connectivity index (χ1) is 5.74. The Bertz CT molecular complexity index is 305. The molecule has 0 aliphatic carbocycles. The molecule has 0 radical (unpaired) electrons. The summed E-state index contributed by atoms with van der Waals surface area (Å²) in [5.41, 5.74) is 0.576. The summed E-state index contributed by atoms with van der Waals surface area (Å²) in [5.74, 6) is 4.65. The number of halogens is 1. The number of benzene rings is 1. The third-order valence-electron chi connectivity index (χ3n) is 1.32. The lowest BCUT2D eigenvalue weighted by Gasteiger charge is -1.93. The Labute approximate surface area is 78.4 Å². The predicted molar refractivity (Wildman–Crippen MR) is 51.2 cm³/mol. The molecule has 62 valence electrons. The van der Waals surface area contributed by atoms with Gasteiger partial charge in [-0.05, 0) is 24.3 Å². The molecule has 12 heavy (non-hydrogen) atoms. The van der Waals surface area contributed by atoms with E-state index in [0.29, 0.717) is 5.56 Å². The third-order valence-corrected chi connectivity index (χ3v) is 1.85. The van der Waals surface area contributed by atoms with Crippen molar-refractivity contribution < 1.29 is 4.79 Å². The number of hydrogen-bond donors (Lipinski definition) is 1. The van der Waals surface area contributed by atoms with Crippen molar-refractivity contribution in [2.75, 3.05) is 0 Å². The van der Waals surface area contributed by atoms with E-state index in [1.54, 1.807) is 24.3 Å². The highest BCUT2D eigenvalue weighted by molar-refractivity contribution is 9.10. The summed E-state index contributed by atoms with van der Waals surface area (Å²) in [6, 6.07) is 6.98. The number of ketones is 1. The molecule has 1 rings (SSSR count). The molecule has 0 saturated heterocycles. The second-order valence-electron chi connectivity index (χ2n) is 2.15. The Hall–Kier alpha value is -1.16. The molecule has 0 amide bonds. The lowest BCUT2D eigenvalue weighted by molar-refractivity contribution is 0.107. The van der Waals surface area contributed by atoms with Gasteiger partial charge in [-0.25, -0.2) is 0 Å². The van der Waals surface area contributed by atoms with Gasteiger partial charge in [0.15, 0.2) is 0 Å². The molecular weight excluding hydrogens is 220 g/mol. The van der Waals surface area contributed by atoms with Crippen molar-refractivity contribution in [3.63, 3.8) is 0 Å². The summed E-state index contributed by atoms with van der Waals surface area (Å²) >= 11 is 3.26. The monoisotopic (exact) mass is 226 g/mol. The van der Waals surface area contributed by atoms with Gasteiger partial charge in [-0.2, -0.15) is 5.10 Å². The number of hydrazone groups is 1. The minimum Gasteiger partial charge on any atom is -0.323 e. The average molecular weight is 227 g/mol. The van der Waals surface area contributed by atoms with Crippen LogP contribution in [0.15, 0.2) is 33.8 Å². The number of rotatable bonds is 2. The van der Waals surface area contributed by atoms with Crippen LogP contribution in [-0.2, 0) is 0 Å². The van der Waals surface area contributed by atoms with Gasteiger partial charge in [0.1, 0.15) is 0 Å². The van der Waals surface area contributed by atoms with E-state index in [0.717, 1.165) is 10.7 Å². The van der Waals surface area contributed by atoms with Crippen LogP contribution in [0.2, 0.25) is 0 Å². The SMILES string of the molecule is N/N=C/C(=O)c1ccc(Br)cc1. The van der Waals surface area contributed by atoms with Gasteiger partial charge in [0.25, 0.3) is 0 Å². The van der Waals surface area contributed by atoms with E-state index in [1.807, 2.05) is 0 Å². The van der Waals surface area contributed by atoms with Crippen molar-refractivity contribution in [2.45, 2.75) is 0 Å². The van der Waals surface area contributed by atoms with Gasteiger partial charge in [0, 0.05) is 10.0 Å². The van der Waals surface area contributed by atoms with Crippen LogP contribution in [0.4, 0.5) is 0 Å². The summed E-state index contributed by atoms with van der Waals surface area (Å²) < 4.78 is 0.934. The minimum atomic E-state index is -0.190. The van der Waals surface area contributed by atoms with Gasteiger partial charge in [0.2, 0.25) is 5.78 Å². The normalized spacial score (nSPS) is 10.4. The lowest BCUT2D eigenvalue weighted by atomic mass is 10.1. The molecule has 1 aromatic carbocycles. The zero-order valence-corrected chi connectivity index (χ0v) is 7.78. The van der Waals surface area contributed by atoms with E-state index in [-0.39, 0.29) is 5.78 Å². The molecule has 0 bridgehead atoms. The number of nitrogens with two attached hydrogens (primary N) is 1. The number of hydrogen-bond acceptors (Lipinski definition) is 3. The molecule has 0 atom stereocenters. The van der Waals surface area contributed by atoms with E-state index in [9.17, 15) is 4.79 Å². The minimum absolute atomic E-state index is 0.190. The van der Waals surface area contributed by atoms with Crippen molar-refractivity contribution in [2.24, 2.45) is 10.9 Å². The second-order valence-corrected chi connectivity index (χ2v) is 3.06. The van der Waals surface area contributed by atoms with Crippen molar-refractivity contribution in [3.8, 4) is 0 Å². The fraction of sp³-hybridized carbons (Fsp3) is 0. The van der Waals surface area contributed by atoms with Crippen LogP contribution in [0.1, 0.15) is 10.4 Å². The fourth-order valence-electron chi connectivity index (χ4n) is 0.756. The van der Waals surface area contributed by atoms with Gasteiger partial charge in [-0.3, -0.25) is 4.79 Å². The zero-order chi connectivity index (χ0) is 8.97. The first-order valence-electron chi connectivity index (χ1n) is 3.27. The van der Waals surface area contributed by atoms with E-state index in [1.165, 1.54) is 0 Å². The summed E-state index contributed by atoms with van der Waals surface area (Å²) in [6.45, 7) is 0. The summed E-state index contributed by atoms with van der Waals surface area (Å²) in [4.78, 5) is 11.1. The topological polar surface area (TPSA) is 55.4 Å². The summed E-state index contributed by atoms with van der Waals surface area (Å²) in [6.07, 6.45) is 1.09. The van der Waals surface area contributed by atoms with Gasteiger partial charge < -0.3 is 5.84 Å². The third kappa shape index (κ3) is 2.17. The Morgan fingerprint density at radius 2 is 2.00 bits per heavy atom. The Morgan fingerprint density at radius 3 is 2.50 bits per heavy atom. The highest BCUT2D eigenvalue weighted by Gasteiger charge is 2.00. The van der Waals surface area contributed by atoms with E-state index < -0.39 is 0 Å². The van der Waals surface area contributed by atoms with Crippen molar-refractivity contribution in [3.05, 3.63) is 34.3 Å². The molecule has 0 fully saturated rings. The molecule has 0 spiro atoms. The Balaban J connectivity index is 2.90. The molecule has 2 N–H and O–H groups in total. The van der Waals surface area contributed by atoms with Crippen LogP contribution in [0.25, 0.3) is 0 Å². The van der Waals surface area contributed by atoms with Crippen molar-refractivity contribution in [1.82, 2.24) is 0 Å².